The average molecular weight is 515 g/mol. The molecule has 0 unspecified atom stereocenters. The number of aryl methyl sites for hydroxylation is 3. The van der Waals surface area contributed by atoms with Crippen LogP contribution in [0.3, 0.4) is 0 Å². The Morgan fingerprint density at radius 1 is 1.28 bits per heavy atom. The van der Waals surface area contributed by atoms with Gasteiger partial charge in [0.05, 0.1) is 15.2 Å². The number of fused-ring (bicyclic) bond motifs is 4. The van der Waals surface area contributed by atoms with Gasteiger partial charge in [-0.15, -0.1) is 11.3 Å². The van der Waals surface area contributed by atoms with Crippen LogP contribution in [0, 0.1) is 10.5 Å². The fourth-order valence-electron chi connectivity index (χ4n) is 4.01. The number of hydrogen-bond donors (Lipinski definition) is 1. The van der Waals surface area contributed by atoms with Crippen molar-refractivity contribution in [3.05, 3.63) is 66.1 Å². The maximum absolute atomic E-state index is 13.3. The lowest BCUT2D eigenvalue weighted by Gasteiger charge is -2.10. The van der Waals surface area contributed by atoms with Crippen molar-refractivity contribution < 1.29 is 5.11 Å². The summed E-state index contributed by atoms with van der Waals surface area (Å²) >= 11 is 3.75. The van der Waals surface area contributed by atoms with Crippen LogP contribution in [0.4, 0.5) is 0 Å². The van der Waals surface area contributed by atoms with Gasteiger partial charge in [0.2, 0.25) is 0 Å². The minimum Gasteiger partial charge on any atom is -0.506 e. The van der Waals surface area contributed by atoms with Gasteiger partial charge in [0.1, 0.15) is 16.4 Å². The first kappa shape index (κ1) is 18.7. The summed E-state index contributed by atoms with van der Waals surface area (Å²) in [5.74, 6) is 0.715. The SMILES string of the molecule is Cc1nc2sc3c(c2c(=O)n1/N=C\c1c(O)c(I)cc2ccccc12)CCCC3. The Bertz CT molecular complexity index is 1370. The number of rotatable bonds is 2. The van der Waals surface area contributed by atoms with E-state index in [1.54, 1.807) is 24.5 Å². The van der Waals surface area contributed by atoms with E-state index in [1.807, 2.05) is 30.3 Å². The molecule has 1 aliphatic carbocycles. The molecule has 1 N–H and O–H groups in total. The van der Waals surface area contributed by atoms with E-state index in [0.29, 0.717) is 16.8 Å². The quantitative estimate of drug-likeness (QED) is 0.302. The standard InChI is InChI=1S/C22H18IN3O2S/c1-12-25-21-19(15-8-4-5-9-18(15)29-21)22(28)26(12)24-11-16-14-7-3-2-6-13(14)10-17(23)20(16)27/h2-3,6-7,10-11,27H,4-5,8-9H2,1H3/b24-11-. The van der Waals surface area contributed by atoms with Gasteiger partial charge in [-0.2, -0.15) is 9.78 Å². The topological polar surface area (TPSA) is 67.5 Å². The van der Waals surface area contributed by atoms with E-state index < -0.39 is 0 Å². The molecule has 0 fully saturated rings. The highest BCUT2D eigenvalue weighted by Crippen LogP contribution is 2.34. The summed E-state index contributed by atoms with van der Waals surface area (Å²) in [6.45, 7) is 1.80. The van der Waals surface area contributed by atoms with Crippen LogP contribution in [0.2, 0.25) is 0 Å². The summed E-state index contributed by atoms with van der Waals surface area (Å²) in [4.78, 5) is 20.0. The Labute approximate surface area is 184 Å². The first-order valence-electron chi connectivity index (χ1n) is 9.53. The lowest BCUT2D eigenvalue weighted by Crippen LogP contribution is -2.21. The summed E-state index contributed by atoms with van der Waals surface area (Å²) in [6, 6.07) is 9.76. The molecule has 0 amide bonds. The summed E-state index contributed by atoms with van der Waals surface area (Å²) < 4.78 is 2.10. The van der Waals surface area contributed by atoms with Crippen molar-refractivity contribution in [1.82, 2.24) is 9.66 Å². The van der Waals surface area contributed by atoms with Gasteiger partial charge >= 0.3 is 0 Å². The highest BCUT2D eigenvalue weighted by Gasteiger charge is 2.21. The second-order valence-corrected chi connectivity index (χ2v) is 9.50. The number of thiophene rings is 1. The summed E-state index contributed by atoms with van der Waals surface area (Å²) in [6.07, 6.45) is 5.81. The molecular formula is C22H18IN3O2S. The Balaban J connectivity index is 1.70. The molecule has 0 saturated carbocycles. The third-order valence-electron chi connectivity index (χ3n) is 5.45. The molecule has 146 valence electrons. The molecule has 0 spiro atoms. The molecule has 0 radical (unpaired) electrons. The third kappa shape index (κ3) is 3.07. The Morgan fingerprint density at radius 3 is 2.93 bits per heavy atom. The zero-order chi connectivity index (χ0) is 20.1. The van der Waals surface area contributed by atoms with Crippen LogP contribution >= 0.6 is 33.9 Å². The van der Waals surface area contributed by atoms with Crippen LogP contribution in [-0.4, -0.2) is 21.0 Å². The van der Waals surface area contributed by atoms with E-state index in [2.05, 4.69) is 32.7 Å². The van der Waals surface area contributed by atoms with Crippen molar-refractivity contribution in [1.29, 1.82) is 0 Å². The number of phenolic OH excluding ortho intramolecular Hbond substituents is 1. The number of nitrogens with zero attached hydrogens (tertiary/aromatic N) is 3. The molecule has 0 aliphatic heterocycles. The van der Waals surface area contributed by atoms with Gasteiger partial charge in [0, 0.05) is 10.4 Å². The molecule has 0 atom stereocenters. The number of aromatic nitrogens is 2. The summed E-state index contributed by atoms with van der Waals surface area (Å²) in [7, 11) is 0. The van der Waals surface area contributed by atoms with Crippen molar-refractivity contribution in [3.8, 4) is 5.75 Å². The first-order valence-corrected chi connectivity index (χ1v) is 11.4. The number of hydrogen-bond acceptors (Lipinski definition) is 5. The van der Waals surface area contributed by atoms with Gasteiger partial charge in [0.15, 0.2) is 0 Å². The molecule has 5 rings (SSSR count). The Hall–Kier alpha value is -2.26. The fourth-order valence-corrected chi connectivity index (χ4v) is 5.93. The Morgan fingerprint density at radius 2 is 2.07 bits per heavy atom. The number of aromatic hydroxyl groups is 1. The molecule has 2 aromatic heterocycles. The van der Waals surface area contributed by atoms with Crippen LogP contribution < -0.4 is 5.56 Å². The molecule has 1 aliphatic rings. The Kier molecular flexibility index (Phi) is 4.66. The molecule has 29 heavy (non-hydrogen) atoms. The molecule has 0 bridgehead atoms. The largest absolute Gasteiger partial charge is 0.506 e. The second-order valence-electron chi connectivity index (χ2n) is 7.25. The van der Waals surface area contributed by atoms with E-state index in [4.69, 9.17) is 0 Å². The van der Waals surface area contributed by atoms with E-state index >= 15 is 0 Å². The molecule has 5 nitrogen and oxygen atoms in total. The van der Waals surface area contributed by atoms with Gasteiger partial charge in [-0.3, -0.25) is 4.79 Å². The van der Waals surface area contributed by atoms with Crippen LogP contribution in [0.25, 0.3) is 21.0 Å². The van der Waals surface area contributed by atoms with Gasteiger partial charge < -0.3 is 5.11 Å². The molecule has 7 heteroatoms. The van der Waals surface area contributed by atoms with Crippen LogP contribution in [-0.2, 0) is 12.8 Å². The molecule has 4 aromatic rings. The van der Waals surface area contributed by atoms with Crippen LogP contribution in [0.15, 0.2) is 40.2 Å². The number of phenols is 1. The lowest BCUT2D eigenvalue weighted by atomic mass is 9.97. The van der Waals surface area contributed by atoms with Crippen molar-refractivity contribution in [2.45, 2.75) is 32.6 Å². The normalized spacial score (nSPS) is 14.1. The predicted molar refractivity (Wildman–Crippen MR) is 127 cm³/mol. The summed E-state index contributed by atoms with van der Waals surface area (Å²) in [5, 5.41) is 17.7. The molecule has 0 saturated heterocycles. The zero-order valence-corrected chi connectivity index (χ0v) is 18.7. The van der Waals surface area contributed by atoms with Crippen LogP contribution in [0.1, 0.15) is 34.7 Å². The number of halogens is 1. The van der Waals surface area contributed by atoms with Crippen molar-refractivity contribution >= 4 is 61.1 Å². The average Bonchev–Trinajstić information content (AvgIpc) is 3.08. The maximum Gasteiger partial charge on any atom is 0.283 e. The minimum atomic E-state index is -0.127. The van der Waals surface area contributed by atoms with Crippen LogP contribution in [0.5, 0.6) is 5.75 Å². The molecular weight excluding hydrogens is 497 g/mol. The second kappa shape index (κ2) is 7.21. The van der Waals surface area contributed by atoms with Crippen molar-refractivity contribution in [3.63, 3.8) is 0 Å². The number of benzene rings is 2. The van der Waals surface area contributed by atoms with E-state index in [-0.39, 0.29) is 11.3 Å². The van der Waals surface area contributed by atoms with Gasteiger partial charge in [-0.25, -0.2) is 4.98 Å². The fraction of sp³-hybridized carbons (Fsp3) is 0.227. The van der Waals surface area contributed by atoms with Gasteiger partial charge in [0.25, 0.3) is 5.56 Å². The summed E-state index contributed by atoms with van der Waals surface area (Å²) in [5.41, 5.74) is 1.63. The highest BCUT2D eigenvalue weighted by atomic mass is 127. The van der Waals surface area contributed by atoms with E-state index in [1.165, 1.54) is 16.0 Å². The first-order chi connectivity index (χ1) is 14.0. The van der Waals surface area contributed by atoms with Crippen molar-refractivity contribution in [2.24, 2.45) is 5.10 Å². The lowest BCUT2D eigenvalue weighted by molar-refractivity contribution is 0.471. The van der Waals surface area contributed by atoms with Crippen molar-refractivity contribution in [2.75, 3.05) is 0 Å². The van der Waals surface area contributed by atoms with E-state index in [0.717, 1.165) is 44.0 Å². The predicted octanol–water partition coefficient (Wildman–Crippen LogP) is 4.99. The smallest absolute Gasteiger partial charge is 0.283 e. The minimum absolute atomic E-state index is 0.127. The molecule has 2 heterocycles. The third-order valence-corrected chi connectivity index (χ3v) is 7.45. The van der Waals surface area contributed by atoms with Gasteiger partial charge in [-0.1, -0.05) is 24.3 Å². The highest BCUT2D eigenvalue weighted by molar-refractivity contribution is 14.1. The zero-order valence-electron chi connectivity index (χ0n) is 15.8. The van der Waals surface area contributed by atoms with Gasteiger partial charge in [-0.05, 0) is 77.6 Å². The monoisotopic (exact) mass is 515 g/mol. The maximum atomic E-state index is 13.3. The molecule has 2 aromatic carbocycles. The van der Waals surface area contributed by atoms with E-state index in [9.17, 15) is 9.90 Å².